The molecule has 2 aliphatic heterocycles. The van der Waals surface area contributed by atoms with Gasteiger partial charge in [-0.15, -0.1) is 0 Å². The molecule has 1 saturated heterocycles. The quantitative estimate of drug-likeness (QED) is 0.539. The van der Waals surface area contributed by atoms with Gasteiger partial charge in [-0.25, -0.2) is 15.0 Å². The Morgan fingerprint density at radius 3 is 2.62 bits per heavy atom. The maximum Gasteiger partial charge on any atom is 0.316 e. The molecule has 0 amide bonds. The molecular formula is C25H27N7O2. The minimum Gasteiger partial charge on any atom is -0.467 e. The van der Waals surface area contributed by atoms with Gasteiger partial charge in [0.25, 0.3) is 0 Å². The summed E-state index contributed by atoms with van der Waals surface area (Å²) in [5.74, 6) is 1.08. The van der Waals surface area contributed by atoms with E-state index >= 15 is 0 Å². The number of ether oxygens (including phenoxy) is 1. The zero-order valence-electron chi connectivity index (χ0n) is 19.2. The lowest BCUT2D eigenvalue weighted by molar-refractivity contribution is -0.109. The number of fused-ring (bicyclic) bond motifs is 1. The van der Waals surface area contributed by atoms with Crippen molar-refractivity contribution in [2.24, 2.45) is 0 Å². The van der Waals surface area contributed by atoms with Crippen LogP contribution >= 0.6 is 0 Å². The molecule has 0 bridgehead atoms. The Morgan fingerprint density at radius 2 is 1.94 bits per heavy atom. The van der Waals surface area contributed by atoms with Gasteiger partial charge >= 0.3 is 6.01 Å². The molecule has 3 aromatic rings. The highest BCUT2D eigenvalue weighted by atomic mass is 16.5. The van der Waals surface area contributed by atoms with Crippen LogP contribution in [0.4, 0.5) is 11.5 Å². The highest BCUT2D eigenvalue weighted by molar-refractivity contribution is 5.79. The minimum absolute atomic E-state index is 0.293. The number of likely N-dealkylation sites (tertiary alicyclic amines) is 1. The summed E-state index contributed by atoms with van der Waals surface area (Å²) in [7, 11) is 3.69. The molecule has 0 aliphatic carbocycles. The Kier molecular flexibility index (Phi) is 6.18. The number of nitrogens with one attached hydrogen (secondary N) is 2. The summed E-state index contributed by atoms with van der Waals surface area (Å²) in [6.07, 6.45) is 12.0. The van der Waals surface area contributed by atoms with Gasteiger partial charge in [-0.1, -0.05) is 0 Å². The third-order valence-corrected chi connectivity index (χ3v) is 6.37. The number of piperidine rings is 1. The number of hydrogen-bond acceptors (Lipinski definition) is 9. The highest BCUT2D eigenvalue weighted by Gasteiger charge is 2.24. The van der Waals surface area contributed by atoms with Crippen molar-refractivity contribution < 1.29 is 9.53 Å². The van der Waals surface area contributed by atoms with E-state index in [1.807, 2.05) is 24.4 Å². The topological polar surface area (TPSA) is 105 Å². The van der Waals surface area contributed by atoms with Crippen molar-refractivity contribution >= 4 is 23.9 Å². The fourth-order valence-corrected chi connectivity index (χ4v) is 4.43. The van der Waals surface area contributed by atoms with Gasteiger partial charge in [-0.3, -0.25) is 4.98 Å². The van der Waals surface area contributed by atoms with Crippen molar-refractivity contribution in [1.82, 2.24) is 30.2 Å². The predicted octanol–water partition coefficient (Wildman–Crippen LogP) is 3.31. The van der Waals surface area contributed by atoms with Gasteiger partial charge in [0.2, 0.25) is 0 Å². The summed E-state index contributed by atoms with van der Waals surface area (Å²) in [6, 6.07) is 5.84. The number of methoxy groups -OCH3 is 1. The monoisotopic (exact) mass is 457 g/mol. The average molecular weight is 458 g/mol. The third-order valence-electron chi connectivity index (χ3n) is 6.37. The number of pyridine rings is 2. The van der Waals surface area contributed by atoms with Gasteiger partial charge < -0.3 is 25.1 Å². The second-order valence-electron chi connectivity index (χ2n) is 8.61. The van der Waals surface area contributed by atoms with Gasteiger partial charge in [-0.2, -0.15) is 0 Å². The van der Waals surface area contributed by atoms with Crippen LogP contribution in [-0.4, -0.2) is 58.4 Å². The van der Waals surface area contributed by atoms with E-state index in [2.05, 4.69) is 38.6 Å². The lowest BCUT2D eigenvalue weighted by atomic mass is 9.93. The molecule has 34 heavy (non-hydrogen) atoms. The summed E-state index contributed by atoms with van der Waals surface area (Å²) >= 11 is 0. The Morgan fingerprint density at radius 1 is 1.15 bits per heavy atom. The van der Waals surface area contributed by atoms with Crippen LogP contribution in [-0.2, 0) is 4.79 Å². The zero-order valence-corrected chi connectivity index (χ0v) is 19.2. The first kappa shape index (κ1) is 22.0. The van der Waals surface area contributed by atoms with Gasteiger partial charge in [0.05, 0.1) is 24.7 Å². The maximum atomic E-state index is 11.8. The number of carbonyl (C=O) groups is 1. The SMILES string of the molecule is COc1ncc(-c2cc3c(c(Nc4ccc(C5CCN(C)CC5)nc4)n2)C(C=O)NC=C3)cn1. The smallest absolute Gasteiger partial charge is 0.316 e. The number of nitrogens with zero attached hydrogens (tertiary/aromatic N) is 5. The van der Waals surface area contributed by atoms with Crippen LogP contribution in [0.2, 0.25) is 0 Å². The second kappa shape index (κ2) is 9.56. The van der Waals surface area contributed by atoms with Crippen LogP contribution in [0.15, 0.2) is 43.0 Å². The first-order valence-electron chi connectivity index (χ1n) is 11.4. The van der Waals surface area contributed by atoms with E-state index in [-0.39, 0.29) is 0 Å². The van der Waals surface area contributed by atoms with E-state index in [1.165, 1.54) is 7.11 Å². The number of aldehydes is 1. The van der Waals surface area contributed by atoms with E-state index in [9.17, 15) is 4.79 Å². The predicted molar refractivity (Wildman–Crippen MR) is 130 cm³/mol. The average Bonchev–Trinajstić information content (AvgIpc) is 2.89. The van der Waals surface area contributed by atoms with Crippen molar-refractivity contribution in [2.45, 2.75) is 24.8 Å². The van der Waals surface area contributed by atoms with Gasteiger partial charge in [0.15, 0.2) is 0 Å². The van der Waals surface area contributed by atoms with Crippen molar-refractivity contribution in [1.29, 1.82) is 0 Å². The number of rotatable bonds is 6. The molecule has 5 heterocycles. The first-order valence-corrected chi connectivity index (χ1v) is 11.4. The fourth-order valence-electron chi connectivity index (χ4n) is 4.43. The van der Waals surface area contributed by atoms with E-state index in [0.717, 1.165) is 60.3 Å². The molecule has 9 nitrogen and oxygen atoms in total. The molecule has 9 heteroatoms. The minimum atomic E-state index is -0.498. The van der Waals surface area contributed by atoms with Gasteiger partial charge in [-0.05, 0) is 69.0 Å². The summed E-state index contributed by atoms with van der Waals surface area (Å²) in [5, 5.41) is 6.48. The van der Waals surface area contributed by atoms with Crippen LogP contribution < -0.4 is 15.4 Å². The molecule has 0 saturated carbocycles. The number of carbonyl (C=O) groups excluding carboxylic acids is 1. The number of aromatic nitrogens is 4. The summed E-state index contributed by atoms with van der Waals surface area (Å²) in [6.45, 7) is 2.19. The van der Waals surface area contributed by atoms with Crippen LogP contribution in [0, 0.1) is 0 Å². The number of hydrogen-bond donors (Lipinski definition) is 2. The summed E-state index contributed by atoms with van der Waals surface area (Å²) in [4.78, 5) is 32.1. The molecule has 5 rings (SSSR count). The molecule has 2 aliphatic rings. The Bertz CT molecular complexity index is 1190. The largest absolute Gasteiger partial charge is 0.467 e. The van der Waals surface area contributed by atoms with E-state index < -0.39 is 6.04 Å². The molecule has 1 atom stereocenters. The van der Waals surface area contributed by atoms with Crippen LogP contribution in [0.3, 0.4) is 0 Å². The van der Waals surface area contributed by atoms with Crippen LogP contribution in [0.1, 0.15) is 41.6 Å². The maximum absolute atomic E-state index is 11.8. The molecular weight excluding hydrogens is 430 g/mol. The Balaban J connectivity index is 1.47. The summed E-state index contributed by atoms with van der Waals surface area (Å²) in [5.41, 5.74) is 5.06. The van der Waals surface area contributed by atoms with E-state index in [1.54, 1.807) is 18.6 Å². The fraction of sp³-hybridized carbons (Fsp3) is 0.320. The summed E-state index contributed by atoms with van der Waals surface area (Å²) < 4.78 is 5.06. The van der Waals surface area contributed by atoms with Crippen molar-refractivity contribution in [3.63, 3.8) is 0 Å². The molecule has 2 N–H and O–H groups in total. The first-order chi connectivity index (χ1) is 16.6. The van der Waals surface area contributed by atoms with Crippen molar-refractivity contribution in [3.05, 3.63) is 59.8 Å². The molecule has 174 valence electrons. The Hall–Kier alpha value is -3.85. The lowest BCUT2D eigenvalue weighted by Gasteiger charge is -2.28. The molecule has 0 spiro atoms. The second-order valence-corrected chi connectivity index (χ2v) is 8.61. The number of anilines is 2. The Labute approximate surface area is 198 Å². The molecule has 1 unspecified atom stereocenters. The van der Waals surface area contributed by atoms with Crippen molar-refractivity contribution in [2.75, 3.05) is 32.6 Å². The van der Waals surface area contributed by atoms with Crippen molar-refractivity contribution in [3.8, 4) is 17.3 Å². The zero-order chi connectivity index (χ0) is 23.5. The molecule has 0 aromatic carbocycles. The van der Waals surface area contributed by atoms with E-state index in [4.69, 9.17) is 14.7 Å². The van der Waals surface area contributed by atoms with Gasteiger partial charge in [0, 0.05) is 35.1 Å². The van der Waals surface area contributed by atoms with Crippen LogP contribution in [0.25, 0.3) is 17.3 Å². The molecule has 1 fully saturated rings. The molecule has 3 aromatic heterocycles. The normalized spacial score (nSPS) is 18.1. The lowest BCUT2D eigenvalue weighted by Crippen LogP contribution is -2.29. The third kappa shape index (κ3) is 4.47. The molecule has 0 radical (unpaired) electrons. The standard InChI is InChI=1S/C25H27N7O2/c1-32-9-6-16(7-10-32)20-4-3-19(14-27-20)30-24-23-17(5-8-26-22(23)15-33)11-21(31-24)18-12-28-25(34-2)29-13-18/h3-5,8,11-16,22,26H,6-7,9-10H2,1-2H3,(H,30,31). The van der Waals surface area contributed by atoms with E-state index in [0.29, 0.717) is 23.4 Å². The van der Waals surface area contributed by atoms with Crippen LogP contribution in [0.5, 0.6) is 6.01 Å². The highest BCUT2D eigenvalue weighted by Crippen LogP contribution is 2.34. The van der Waals surface area contributed by atoms with Gasteiger partial charge in [0.1, 0.15) is 18.1 Å².